The Kier molecular flexibility index (Phi) is 7.33. The van der Waals surface area contributed by atoms with Crippen molar-refractivity contribution in [1.29, 1.82) is 0 Å². The molecule has 0 bridgehead atoms. The smallest absolute Gasteiger partial charge is 0.258 e. The molecule has 0 unspecified atom stereocenters. The fraction of sp³-hybridized carbons (Fsp3) is 0.933. The lowest BCUT2D eigenvalue weighted by Gasteiger charge is -2.73. The van der Waals surface area contributed by atoms with Crippen molar-refractivity contribution in [2.45, 2.75) is 112 Å². The first-order valence-corrected chi connectivity index (χ1v) is 18.2. The Morgan fingerprint density at radius 3 is 2.08 bits per heavy atom. The van der Waals surface area contributed by atoms with Gasteiger partial charge in [0, 0.05) is 0 Å². The second-order valence-corrected chi connectivity index (χ2v) is 18.1. The number of hydrogen-bond donors (Lipinski definition) is 2. The van der Waals surface area contributed by atoms with Crippen molar-refractivity contribution in [3.8, 4) is 0 Å². The summed E-state index contributed by atoms with van der Waals surface area (Å²) in [6, 6.07) is 0. The van der Waals surface area contributed by atoms with Crippen LogP contribution in [-0.4, -0.2) is 29.5 Å². The molecule has 10 heteroatoms. The predicted molar refractivity (Wildman–Crippen MR) is 156 cm³/mol. The van der Waals surface area contributed by atoms with E-state index in [1.54, 1.807) is 0 Å². The van der Waals surface area contributed by atoms with Crippen molar-refractivity contribution in [3.05, 3.63) is 12.2 Å². The lowest BCUT2D eigenvalue weighted by molar-refractivity contribution is -0.247. The van der Waals surface area contributed by atoms with Gasteiger partial charge >= 0.3 is 20.6 Å². The standard InChI is InChI=1S/C30H52N2O6S2/c1-19(2)20-10-15-30(18-37-39(31,33)34)17-16-28(6)21(25(20)30)8-9-23-27(5)13-12-24(38-40(32,35)36)26(3,4)22(27)11-14-29(23,28)7/h20-25H,1,8-18H2,2-7H3,(H2,31,33,34)(H2,32,35,36)/t20-,21+,22-,23+,24-,25+,27-,28+,29+,30+/m0/s1. The van der Waals surface area contributed by atoms with Gasteiger partial charge in [-0.1, -0.05) is 46.8 Å². The maximum atomic E-state index is 11.9. The molecule has 0 aromatic carbocycles. The molecule has 40 heavy (non-hydrogen) atoms. The second-order valence-electron chi connectivity index (χ2n) is 15.7. The molecule has 0 aromatic heterocycles. The van der Waals surface area contributed by atoms with Gasteiger partial charge in [0.25, 0.3) is 0 Å². The van der Waals surface area contributed by atoms with Crippen molar-refractivity contribution in [1.82, 2.24) is 0 Å². The Balaban J connectivity index is 1.49. The lowest BCUT2D eigenvalue weighted by atomic mass is 9.32. The quantitative estimate of drug-likeness (QED) is 0.389. The first-order chi connectivity index (χ1) is 18.2. The summed E-state index contributed by atoms with van der Waals surface area (Å²) in [5.74, 6) is 2.03. The molecule has 5 aliphatic rings. The van der Waals surface area contributed by atoms with Crippen molar-refractivity contribution in [2.24, 2.45) is 66.9 Å². The minimum absolute atomic E-state index is 0.0808. The van der Waals surface area contributed by atoms with E-state index in [0.717, 1.165) is 57.8 Å². The molecule has 8 nitrogen and oxygen atoms in total. The summed E-state index contributed by atoms with van der Waals surface area (Å²) >= 11 is 0. The fourth-order valence-electron chi connectivity index (χ4n) is 12.0. The normalized spacial score (nSPS) is 48.4. The van der Waals surface area contributed by atoms with Crippen LogP contribution in [0.15, 0.2) is 12.2 Å². The third kappa shape index (κ3) is 4.57. The molecule has 0 aliphatic heterocycles. The number of nitrogens with two attached hydrogens (primary N) is 2. The van der Waals surface area contributed by atoms with Crippen LogP contribution in [0.5, 0.6) is 0 Å². The SMILES string of the molecule is C=C(C)[C@@H]1CC[C@]2(COS(N)(=O)=O)CC[C@]3(C)[C@H](CC[C@@H]4[C@@]5(C)CC[C@H](OS(N)(=O)=O)C(C)(C)[C@@H]5CC[C@]43C)[C@@H]12. The Hall–Kier alpha value is -0.520. The molecule has 0 heterocycles. The summed E-state index contributed by atoms with van der Waals surface area (Å²) in [7, 11) is -8.02. The summed E-state index contributed by atoms with van der Waals surface area (Å²) in [6.45, 7) is 18.6. The Bertz CT molecular complexity index is 1270. The Morgan fingerprint density at radius 1 is 0.800 bits per heavy atom. The molecule has 10 atom stereocenters. The molecule has 0 spiro atoms. The van der Waals surface area contributed by atoms with Crippen molar-refractivity contribution < 1.29 is 25.2 Å². The van der Waals surface area contributed by atoms with Crippen LogP contribution in [0.4, 0.5) is 0 Å². The minimum Gasteiger partial charge on any atom is -0.258 e. The number of fused-ring (bicyclic) bond motifs is 7. The average Bonchev–Trinajstić information content (AvgIpc) is 3.19. The van der Waals surface area contributed by atoms with Crippen LogP contribution < -0.4 is 10.3 Å². The molecule has 0 saturated heterocycles. The van der Waals surface area contributed by atoms with Crippen LogP contribution in [0.1, 0.15) is 106 Å². The molecule has 230 valence electrons. The van der Waals surface area contributed by atoms with Gasteiger partial charge in [-0.05, 0) is 128 Å². The first-order valence-electron chi connectivity index (χ1n) is 15.2. The number of hydrogen-bond acceptors (Lipinski definition) is 6. The maximum absolute atomic E-state index is 11.9. The van der Waals surface area contributed by atoms with Crippen LogP contribution in [0.3, 0.4) is 0 Å². The van der Waals surface area contributed by atoms with Crippen molar-refractivity contribution in [2.75, 3.05) is 6.61 Å². The Labute approximate surface area is 242 Å². The third-order valence-corrected chi connectivity index (χ3v) is 14.9. The zero-order chi connectivity index (χ0) is 29.7. The van der Waals surface area contributed by atoms with Crippen LogP contribution in [-0.2, 0) is 29.0 Å². The fourth-order valence-corrected chi connectivity index (χ4v) is 13.1. The van der Waals surface area contributed by atoms with E-state index in [1.807, 2.05) is 0 Å². The van der Waals surface area contributed by atoms with Gasteiger partial charge in [0.1, 0.15) is 0 Å². The van der Waals surface area contributed by atoms with Gasteiger partial charge in [-0.15, -0.1) is 0 Å². The van der Waals surface area contributed by atoms with Gasteiger partial charge in [-0.25, -0.2) is 10.3 Å². The molecule has 0 amide bonds. The van der Waals surface area contributed by atoms with E-state index in [1.165, 1.54) is 5.57 Å². The molecule has 0 radical (unpaired) electrons. The van der Waals surface area contributed by atoms with Gasteiger partial charge in [-0.3, -0.25) is 8.37 Å². The first kappa shape index (κ1) is 30.9. The summed E-state index contributed by atoms with van der Waals surface area (Å²) < 4.78 is 58.4. The van der Waals surface area contributed by atoms with Gasteiger partial charge in [0.15, 0.2) is 0 Å². The van der Waals surface area contributed by atoms with Gasteiger partial charge in [0.2, 0.25) is 0 Å². The van der Waals surface area contributed by atoms with Crippen LogP contribution in [0.2, 0.25) is 0 Å². The molecule has 5 rings (SSSR count). The van der Waals surface area contributed by atoms with E-state index in [0.29, 0.717) is 36.0 Å². The van der Waals surface area contributed by atoms with Gasteiger partial charge < -0.3 is 0 Å². The highest BCUT2D eigenvalue weighted by molar-refractivity contribution is 7.84. The Morgan fingerprint density at radius 2 is 1.48 bits per heavy atom. The molecule has 5 saturated carbocycles. The van der Waals surface area contributed by atoms with E-state index in [-0.39, 0.29) is 33.7 Å². The third-order valence-electron chi connectivity index (χ3n) is 13.9. The number of allylic oxidation sites excluding steroid dienone is 1. The highest BCUT2D eigenvalue weighted by atomic mass is 32.2. The molecular formula is C30H52N2O6S2. The minimum atomic E-state index is -4.02. The monoisotopic (exact) mass is 600 g/mol. The average molecular weight is 601 g/mol. The summed E-state index contributed by atoms with van der Waals surface area (Å²) in [5, 5.41) is 10.6. The van der Waals surface area contributed by atoms with E-state index in [2.05, 4.69) is 48.1 Å². The van der Waals surface area contributed by atoms with E-state index in [4.69, 9.17) is 18.6 Å². The van der Waals surface area contributed by atoms with E-state index < -0.39 is 26.7 Å². The van der Waals surface area contributed by atoms with Crippen LogP contribution >= 0.6 is 0 Å². The number of rotatable bonds is 6. The lowest BCUT2D eigenvalue weighted by Crippen LogP contribution is -2.67. The van der Waals surface area contributed by atoms with Crippen LogP contribution in [0.25, 0.3) is 0 Å². The molecular weight excluding hydrogens is 548 g/mol. The predicted octanol–water partition coefficient (Wildman–Crippen LogP) is 5.45. The topological polar surface area (TPSA) is 139 Å². The summed E-state index contributed by atoms with van der Waals surface area (Å²) in [6.07, 6.45) is 9.59. The van der Waals surface area contributed by atoms with E-state index in [9.17, 15) is 16.8 Å². The van der Waals surface area contributed by atoms with Crippen LogP contribution in [0, 0.1) is 56.7 Å². The van der Waals surface area contributed by atoms with E-state index >= 15 is 0 Å². The summed E-state index contributed by atoms with van der Waals surface area (Å²) in [4.78, 5) is 0. The highest BCUT2D eigenvalue weighted by Gasteiger charge is 2.71. The molecule has 5 aliphatic carbocycles. The van der Waals surface area contributed by atoms with Gasteiger partial charge in [-0.2, -0.15) is 16.8 Å². The molecule has 0 aromatic rings. The largest absolute Gasteiger partial charge is 0.333 e. The second kappa shape index (κ2) is 9.49. The zero-order valence-electron chi connectivity index (χ0n) is 25.4. The summed E-state index contributed by atoms with van der Waals surface area (Å²) in [5.41, 5.74) is 1.02. The zero-order valence-corrected chi connectivity index (χ0v) is 27.0. The molecule has 4 N–H and O–H groups in total. The van der Waals surface area contributed by atoms with Gasteiger partial charge in [0.05, 0.1) is 12.7 Å². The highest BCUT2D eigenvalue weighted by Crippen LogP contribution is 2.77. The van der Waals surface area contributed by atoms with Crippen molar-refractivity contribution in [3.63, 3.8) is 0 Å². The molecule has 5 fully saturated rings. The van der Waals surface area contributed by atoms with Crippen molar-refractivity contribution >= 4 is 20.6 Å². The maximum Gasteiger partial charge on any atom is 0.333 e.